The van der Waals surface area contributed by atoms with Crippen molar-refractivity contribution in [3.8, 4) is 0 Å². The van der Waals surface area contributed by atoms with Gasteiger partial charge >= 0.3 is 0 Å². The van der Waals surface area contributed by atoms with Crippen LogP contribution in [0.4, 0.5) is 0 Å². The van der Waals surface area contributed by atoms with Gasteiger partial charge in [0.2, 0.25) is 5.76 Å². The Bertz CT molecular complexity index is 1050. The molecule has 8 nitrogen and oxygen atoms in total. The Morgan fingerprint density at radius 1 is 1.11 bits per heavy atom. The summed E-state index contributed by atoms with van der Waals surface area (Å²) in [5.41, 5.74) is 1.43. The van der Waals surface area contributed by atoms with Crippen LogP contribution in [0.3, 0.4) is 0 Å². The second-order valence-electron chi connectivity index (χ2n) is 6.82. The molecule has 0 spiro atoms. The first-order valence-electron chi connectivity index (χ1n) is 8.94. The van der Waals surface area contributed by atoms with Crippen molar-refractivity contribution in [2.75, 3.05) is 26.2 Å². The molecule has 0 bridgehead atoms. The SMILES string of the molecule is Cc1cc(C(=O)N2CCN(Cn3nc(C)c4ccccc4c3=O)CC2)on1. The lowest BCUT2D eigenvalue weighted by atomic mass is 10.1. The molecule has 1 fully saturated rings. The molecule has 0 atom stereocenters. The van der Waals surface area contributed by atoms with Crippen molar-refractivity contribution in [1.29, 1.82) is 0 Å². The summed E-state index contributed by atoms with van der Waals surface area (Å²) in [5.74, 6) is 0.121. The third-order valence-corrected chi connectivity index (χ3v) is 4.88. The van der Waals surface area contributed by atoms with Gasteiger partial charge in [-0.1, -0.05) is 23.4 Å². The number of piperazine rings is 1. The number of rotatable bonds is 3. The predicted molar refractivity (Wildman–Crippen MR) is 99.5 cm³/mol. The molecule has 2 aromatic heterocycles. The summed E-state index contributed by atoms with van der Waals surface area (Å²) < 4.78 is 6.57. The molecule has 1 saturated heterocycles. The molecule has 8 heteroatoms. The van der Waals surface area contributed by atoms with E-state index in [1.165, 1.54) is 4.68 Å². The standard InChI is InChI=1S/C19H21N5O3/c1-13-11-17(27-21-13)19(26)23-9-7-22(8-10-23)12-24-18(25)16-6-4-3-5-15(16)14(2)20-24/h3-6,11H,7-10,12H2,1-2H3. The van der Waals surface area contributed by atoms with Crippen molar-refractivity contribution < 1.29 is 9.32 Å². The summed E-state index contributed by atoms with van der Waals surface area (Å²) in [4.78, 5) is 29.0. The van der Waals surface area contributed by atoms with Gasteiger partial charge in [-0.2, -0.15) is 5.10 Å². The molecule has 27 heavy (non-hydrogen) atoms. The molecule has 1 aromatic carbocycles. The van der Waals surface area contributed by atoms with E-state index in [0.717, 1.165) is 11.1 Å². The maximum atomic E-state index is 12.7. The monoisotopic (exact) mass is 367 g/mol. The number of carbonyl (C=O) groups excluding carboxylic acids is 1. The Morgan fingerprint density at radius 3 is 2.48 bits per heavy atom. The van der Waals surface area contributed by atoms with E-state index in [1.54, 1.807) is 17.9 Å². The van der Waals surface area contributed by atoms with Gasteiger partial charge in [0.05, 0.1) is 23.4 Å². The third kappa shape index (κ3) is 3.35. The molecule has 0 N–H and O–H groups in total. The number of benzene rings is 1. The fourth-order valence-electron chi connectivity index (χ4n) is 3.40. The quantitative estimate of drug-likeness (QED) is 0.696. The second-order valence-corrected chi connectivity index (χ2v) is 6.82. The minimum atomic E-state index is -0.146. The molecule has 3 heterocycles. The van der Waals surface area contributed by atoms with Crippen LogP contribution in [0.1, 0.15) is 21.9 Å². The Balaban J connectivity index is 1.45. The van der Waals surface area contributed by atoms with Gasteiger partial charge in [-0.25, -0.2) is 4.68 Å². The normalized spacial score (nSPS) is 15.4. The highest BCUT2D eigenvalue weighted by Gasteiger charge is 2.25. The first-order chi connectivity index (χ1) is 13.0. The zero-order valence-electron chi connectivity index (χ0n) is 15.4. The average molecular weight is 367 g/mol. The maximum absolute atomic E-state index is 12.7. The van der Waals surface area contributed by atoms with Gasteiger partial charge in [-0.05, 0) is 19.9 Å². The van der Waals surface area contributed by atoms with Crippen LogP contribution in [-0.4, -0.2) is 56.8 Å². The molecule has 1 aliphatic heterocycles. The van der Waals surface area contributed by atoms with Crippen LogP contribution in [0.15, 0.2) is 39.6 Å². The van der Waals surface area contributed by atoms with Crippen molar-refractivity contribution in [2.45, 2.75) is 20.5 Å². The van der Waals surface area contributed by atoms with Crippen molar-refractivity contribution in [3.63, 3.8) is 0 Å². The van der Waals surface area contributed by atoms with E-state index in [4.69, 9.17) is 4.52 Å². The van der Waals surface area contributed by atoms with Crippen LogP contribution >= 0.6 is 0 Å². The minimum Gasteiger partial charge on any atom is -0.351 e. The van der Waals surface area contributed by atoms with Crippen LogP contribution in [0.2, 0.25) is 0 Å². The lowest BCUT2D eigenvalue weighted by Gasteiger charge is -2.34. The third-order valence-electron chi connectivity index (χ3n) is 4.88. The first-order valence-corrected chi connectivity index (χ1v) is 8.94. The number of hydrogen-bond acceptors (Lipinski definition) is 6. The van der Waals surface area contributed by atoms with Crippen molar-refractivity contribution >= 4 is 16.7 Å². The van der Waals surface area contributed by atoms with Crippen LogP contribution < -0.4 is 5.56 Å². The maximum Gasteiger partial charge on any atom is 0.292 e. The highest BCUT2D eigenvalue weighted by atomic mass is 16.5. The highest BCUT2D eigenvalue weighted by molar-refractivity contribution is 5.91. The van der Waals surface area contributed by atoms with Gasteiger partial charge < -0.3 is 9.42 Å². The van der Waals surface area contributed by atoms with Crippen LogP contribution in [0.25, 0.3) is 10.8 Å². The number of fused-ring (bicyclic) bond motifs is 1. The smallest absolute Gasteiger partial charge is 0.292 e. The summed E-state index contributed by atoms with van der Waals surface area (Å²) in [5, 5.41) is 9.79. The molecule has 140 valence electrons. The van der Waals surface area contributed by atoms with E-state index >= 15 is 0 Å². The Labute approximate surface area is 156 Å². The highest BCUT2D eigenvalue weighted by Crippen LogP contribution is 2.13. The minimum absolute atomic E-state index is 0.0909. The molecule has 0 radical (unpaired) electrons. The molecule has 1 amide bonds. The van der Waals surface area contributed by atoms with Crippen molar-refractivity contribution in [2.24, 2.45) is 0 Å². The van der Waals surface area contributed by atoms with Crippen molar-refractivity contribution in [3.05, 3.63) is 57.8 Å². The van der Waals surface area contributed by atoms with Crippen molar-refractivity contribution in [1.82, 2.24) is 24.7 Å². The van der Waals surface area contributed by atoms with E-state index in [0.29, 0.717) is 43.9 Å². The zero-order valence-corrected chi connectivity index (χ0v) is 15.4. The average Bonchev–Trinajstić information content (AvgIpc) is 3.12. The zero-order chi connectivity index (χ0) is 19.0. The van der Waals surface area contributed by atoms with Crippen LogP contribution in [0.5, 0.6) is 0 Å². The number of carbonyl (C=O) groups is 1. The fraction of sp³-hybridized carbons (Fsp3) is 0.368. The van der Waals surface area contributed by atoms with Gasteiger partial charge in [-0.15, -0.1) is 0 Å². The van der Waals surface area contributed by atoms with Crippen LogP contribution in [0, 0.1) is 13.8 Å². The second kappa shape index (κ2) is 6.96. The molecule has 0 aliphatic carbocycles. The van der Waals surface area contributed by atoms with E-state index < -0.39 is 0 Å². The summed E-state index contributed by atoms with van der Waals surface area (Å²) in [6.45, 7) is 6.58. The first kappa shape index (κ1) is 17.4. The van der Waals surface area contributed by atoms with Gasteiger partial charge in [0.25, 0.3) is 11.5 Å². The van der Waals surface area contributed by atoms with E-state index in [2.05, 4.69) is 15.2 Å². The predicted octanol–water partition coefficient (Wildman–Crippen LogP) is 1.42. The topological polar surface area (TPSA) is 84.5 Å². The largest absolute Gasteiger partial charge is 0.351 e. The van der Waals surface area contributed by atoms with Crippen LogP contribution in [-0.2, 0) is 6.67 Å². The summed E-state index contributed by atoms with van der Waals surface area (Å²) >= 11 is 0. The number of aromatic nitrogens is 3. The molecule has 0 unspecified atom stereocenters. The number of hydrogen-bond donors (Lipinski definition) is 0. The van der Waals surface area contributed by atoms with E-state index in [-0.39, 0.29) is 17.2 Å². The van der Waals surface area contributed by atoms with Gasteiger partial charge in [0.15, 0.2) is 0 Å². The number of amides is 1. The molecule has 1 aliphatic rings. The molecule has 4 rings (SSSR count). The van der Waals surface area contributed by atoms with Gasteiger partial charge in [0, 0.05) is 37.6 Å². The van der Waals surface area contributed by atoms with E-state index in [9.17, 15) is 9.59 Å². The fourth-order valence-corrected chi connectivity index (χ4v) is 3.40. The number of nitrogens with zero attached hydrogens (tertiary/aromatic N) is 5. The molecular formula is C19H21N5O3. The Morgan fingerprint density at radius 2 is 1.81 bits per heavy atom. The molecule has 3 aromatic rings. The molecular weight excluding hydrogens is 346 g/mol. The summed E-state index contributed by atoms with van der Waals surface area (Å²) in [6.07, 6.45) is 0. The lowest BCUT2D eigenvalue weighted by Crippen LogP contribution is -2.50. The summed E-state index contributed by atoms with van der Waals surface area (Å²) in [7, 11) is 0. The summed E-state index contributed by atoms with van der Waals surface area (Å²) in [6, 6.07) is 9.17. The Kier molecular flexibility index (Phi) is 4.49. The van der Waals surface area contributed by atoms with E-state index in [1.807, 2.05) is 31.2 Å². The Hall–Kier alpha value is -3.00. The van der Waals surface area contributed by atoms with Gasteiger partial charge in [-0.3, -0.25) is 14.5 Å². The lowest BCUT2D eigenvalue weighted by molar-refractivity contribution is 0.0545. The molecule has 0 saturated carbocycles. The number of aryl methyl sites for hydroxylation is 2. The van der Waals surface area contributed by atoms with Gasteiger partial charge in [0.1, 0.15) is 0 Å².